The highest BCUT2D eigenvalue weighted by atomic mass is 16.3. The molecule has 1 fully saturated rings. The van der Waals surface area contributed by atoms with Crippen molar-refractivity contribution in [1.82, 2.24) is 14.4 Å². The summed E-state index contributed by atoms with van der Waals surface area (Å²) in [5.41, 5.74) is 2.95. The molecule has 5 nitrogen and oxygen atoms in total. The highest BCUT2D eigenvalue weighted by Gasteiger charge is 2.35. The largest absolute Gasteiger partial charge is 0.390 e. The molecule has 2 aromatic carbocycles. The number of likely N-dealkylation sites (tertiary alicyclic amines) is 1. The van der Waals surface area contributed by atoms with Crippen LogP contribution in [0.2, 0.25) is 0 Å². The first-order valence-corrected chi connectivity index (χ1v) is 8.58. The zero-order valence-electron chi connectivity index (χ0n) is 14.8. The highest BCUT2D eigenvalue weighted by Crippen LogP contribution is 2.29. The molecule has 0 bridgehead atoms. The third kappa shape index (κ3) is 2.51. The Morgan fingerprint density at radius 1 is 1.08 bits per heavy atom. The van der Waals surface area contributed by atoms with Gasteiger partial charge in [-0.2, -0.15) is 0 Å². The van der Waals surface area contributed by atoms with Crippen LogP contribution in [0.5, 0.6) is 0 Å². The predicted octanol–water partition coefficient (Wildman–Crippen LogP) is 2.08. The molecular formula is C20H23N3O2. The highest BCUT2D eigenvalue weighted by molar-refractivity contribution is 6.10. The molecule has 2 heterocycles. The first kappa shape index (κ1) is 16.1. The molecule has 1 saturated heterocycles. The third-order valence-electron chi connectivity index (χ3n) is 5.37. The van der Waals surface area contributed by atoms with Crippen molar-refractivity contribution in [2.24, 2.45) is 7.05 Å². The van der Waals surface area contributed by atoms with Gasteiger partial charge in [-0.1, -0.05) is 18.2 Å². The molecule has 4 rings (SSSR count). The minimum absolute atomic E-state index is 0.00904. The molecule has 0 aliphatic carbocycles. The Kier molecular flexibility index (Phi) is 3.78. The van der Waals surface area contributed by atoms with Crippen molar-refractivity contribution in [3.05, 3.63) is 48.0 Å². The van der Waals surface area contributed by atoms with Gasteiger partial charge < -0.3 is 19.5 Å². The Morgan fingerprint density at radius 3 is 2.52 bits per heavy atom. The fourth-order valence-electron chi connectivity index (χ4n) is 3.93. The number of benzene rings is 2. The lowest BCUT2D eigenvalue weighted by Gasteiger charge is -2.21. The summed E-state index contributed by atoms with van der Waals surface area (Å²) >= 11 is 0. The molecule has 0 saturated carbocycles. The molecule has 2 atom stereocenters. The predicted molar refractivity (Wildman–Crippen MR) is 99.8 cm³/mol. The van der Waals surface area contributed by atoms with Gasteiger partial charge >= 0.3 is 0 Å². The first-order valence-electron chi connectivity index (χ1n) is 8.58. The number of para-hydroxylation sites is 1. The molecule has 1 amide bonds. The number of carbonyl (C=O) groups is 1. The van der Waals surface area contributed by atoms with Gasteiger partial charge in [0.2, 0.25) is 0 Å². The van der Waals surface area contributed by atoms with Gasteiger partial charge in [0.1, 0.15) is 0 Å². The van der Waals surface area contributed by atoms with E-state index in [0.29, 0.717) is 18.7 Å². The zero-order chi connectivity index (χ0) is 17.7. The van der Waals surface area contributed by atoms with Crippen molar-refractivity contribution < 1.29 is 9.90 Å². The van der Waals surface area contributed by atoms with E-state index in [1.165, 1.54) is 0 Å². The number of nitrogens with zero attached hydrogens (tertiary/aromatic N) is 3. The van der Waals surface area contributed by atoms with Crippen LogP contribution in [0.15, 0.2) is 42.5 Å². The number of hydrogen-bond donors (Lipinski definition) is 1. The van der Waals surface area contributed by atoms with Crippen LogP contribution in [0.25, 0.3) is 21.8 Å². The quantitative estimate of drug-likeness (QED) is 0.779. The van der Waals surface area contributed by atoms with Crippen molar-refractivity contribution in [3.8, 4) is 0 Å². The van der Waals surface area contributed by atoms with E-state index < -0.39 is 6.10 Å². The molecule has 0 radical (unpaired) electrons. The first-order chi connectivity index (χ1) is 12.0. The average molecular weight is 337 g/mol. The number of rotatable bonds is 2. The van der Waals surface area contributed by atoms with Gasteiger partial charge in [0.05, 0.1) is 12.1 Å². The molecular weight excluding hydrogens is 314 g/mol. The molecule has 5 heteroatoms. The van der Waals surface area contributed by atoms with Crippen LogP contribution in [-0.4, -0.2) is 64.7 Å². The Hall–Kier alpha value is -2.37. The van der Waals surface area contributed by atoms with Crippen LogP contribution >= 0.6 is 0 Å². The topological polar surface area (TPSA) is 48.7 Å². The summed E-state index contributed by atoms with van der Waals surface area (Å²) < 4.78 is 2.15. The normalized spacial score (nSPS) is 20.9. The zero-order valence-corrected chi connectivity index (χ0v) is 14.8. The number of amides is 1. The van der Waals surface area contributed by atoms with Gasteiger partial charge in [-0.25, -0.2) is 0 Å². The Balaban J connectivity index is 1.73. The van der Waals surface area contributed by atoms with Gasteiger partial charge in [-0.05, 0) is 38.4 Å². The second-order valence-corrected chi connectivity index (χ2v) is 7.12. The molecule has 3 aromatic rings. The molecule has 0 spiro atoms. The van der Waals surface area contributed by atoms with E-state index in [2.05, 4.69) is 16.7 Å². The standard InChI is InChI=1S/C20H23N3O2/c1-21(2)18-11-23(12-19(18)24)20(25)13-8-9-17-15(10-13)14-6-4-5-7-16(14)22(17)3/h4-10,18-19,24H,11-12H2,1-3H3/t18-,19-/m1/s1. The lowest BCUT2D eigenvalue weighted by Crippen LogP contribution is -2.38. The van der Waals surface area contributed by atoms with E-state index in [1.54, 1.807) is 4.90 Å². The SMILES string of the molecule is CN(C)[C@@H]1CN(C(=O)c2ccc3c(c2)c2ccccc2n3C)C[C@H]1O. The minimum atomic E-state index is -0.500. The monoisotopic (exact) mass is 337 g/mol. The molecule has 25 heavy (non-hydrogen) atoms. The minimum Gasteiger partial charge on any atom is -0.390 e. The van der Waals surface area contributed by atoms with Gasteiger partial charge in [-0.15, -0.1) is 0 Å². The number of aliphatic hydroxyl groups is 1. The third-order valence-corrected chi connectivity index (χ3v) is 5.37. The smallest absolute Gasteiger partial charge is 0.254 e. The van der Waals surface area contributed by atoms with Crippen molar-refractivity contribution in [2.45, 2.75) is 12.1 Å². The molecule has 1 N–H and O–H groups in total. The molecule has 1 aliphatic rings. The number of aliphatic hydroxyl groups excluding tert-OH is 1. The number of fused-ring (bicyclic) bond motifs is 3. The van der Waals surface area contributed by atoms with Crippen molar-refractivity contribution in [3.63, 3.8) is 0 Å². The number of aryl methyl sites for hydroxylation is 1. The number of likely N-dealkylation sites (N-methyl/N-ethyl adjacent to an activating group) is 1. The van der Waals surface area contributed by atoms with E-state index >= 15 is 0 Å². The lowest BCUT2D eigenvalue weighted by molar-refractivity contribution is 0.0764. The van der Waals surface area contributed by atoms with E-state index in [9.17, 15) is 9.90 Å². The number of β-amino-alcohol motifs (C(OH)–C–C–N with tert-alkyl or cyclic N) is 1. The van der Waals surface area contributed by atoms with Crippen LogP contribution < -0.4 is 0 Å². The summed E-state index contributed by atoms with van der Waals surface area (Å²) in [6, 6.07) is 14.1. The van der Waals surface area contributed by atoms with Crippen LogP contribution in [0, 0.1) is 0 Å². The van der Waals surface area contributed by atoms with E-state index in [0.717, 1.165) is 21.8 Å². The van der Waals surface area contributed by atoms with E-state index in [-0.39, 0.29) is 11.9 Å². The van der Waals surface area contributed by atoms with Crippen LogP contribution in [0.3, 0.4) is 0 Å². The molecule has 1 aromatic heterocycles. The van der Waals surface area contributed by atoms with Crippen molar-refractivity contribution in [2.75, 3.05) is 27.2 Å². The number of aromatic nitrogens is 1. The Morgan fingerprint density at radius 2 is 1.80 bits per heavy atom. The summed E-state index contributed by atoms with van der Waals surface area (Å²) in [6.45, 7) is 0.940. The van der Waals surface area contributed by atoms with E-state index in [4.69, 9.17) is 0 Å². The summed E-state index contributed by atoms with van der Waals surface area (Å²) in [5, 5.41) is 12.4. The van der Waals surface area contributed by atoms with Crippen LogP contribution in [-0.2, 0) is 7.05 Å². The molecule has 0 unspecified atom stereocenters. The molecule has 1 aliphatic heterocycles. The fraction of sp³-hybridized carbons (Fsp3) is 0.350. The van der Waals surface area contributed by atoms with Crippen molar-refractivity contribution in [1.29, 1.82) is 0 Å². The maximum absolute atomic E-state index is 12.9. The van der Waals surface area contributed by atoms with Gasteiger partial charge in [-0.3, -0.25) is 4.79 Å². The number of hydrogen-bond acceptors (Lipinski definition) is 3. The van der Waals surface area contributed by atoms with E-state index in [1.807, 2.05) is 56.4 Å². The average Bonchev–Trinajstić information content (AvgIpc) is 3.14. The fourth-order valence-corrected chi connectivity index (χ4v) is 3.93. The van der Waals surface area contributed by atoms with Crippen LogP contribution in [0.4, 0.5) is 0 Å². The summed E-state index contributed by atoms with van der Waals surface area (Å²) in [7, 11) is 5.92. The van der Waals surface area contributed by atoms with Gasteiger partial charge in [0, 0.05) is 47.5 Å². The second-order valence-electron chi connectivity index (χ2n) is 7.12. The maximum atomic E-state index is 12.9. The second kappa shape index (κ2) is 5.86. The Labute approximate surface area is 147 Å². The van der Waals surface area contributed by atoms with Crippen LogP contribution in [0.1, 0.15) is 10.4 Å². The van der Waals surface area contributed by atoms with Crippen molar-refractivity contribution >= 4 is 27.7 Å². The maximum Gasteiger partial charge on any atom is 0.254 e. The van der Waals surface area contributed by atoms with Gasteiger partial charge in [0.25, 0.3) is 5.91 Å². The summed E-state index contributed by atoms with van der Waals surface area (Å²) in [4.78, 5) is 16.7. The Bertz CT molecular complexity index is 960. The summed E-state index contributed by atoms with van der Waals surface area (Å²) in [6.07, 6.45) is -0.500. The summed E-state index contributed by atoms with van der Waals surface area (Å²) in [5.74, 6) is -0.0155. The molecule has 130 valence electrons. The lowest BCUT2D eigenvalue weighted by atomic mass is 10.1. The van der Waals surface area contributed by atoms with Gasteiger partial charge in [0.15, 0.2) is 0 Å². The number of carbonyl (C=O) groups excluding carboxylic acids is 1.